The first-order valence-corrected chi connectivity index (χ1v) is 6.15. The third-order valence-corrected chi connectivity index (χ3v) is 2.63. The first-order chi connectivity index (χ1) is 11.0. The van der Waals surface area contributed by atoms with Crippen LogP contribution < -0.4 is 21.3 Å². The summed E-state index contributed by atoms with van der Waals surface area (Å²) >= 11 is 0. The normalized spacial score (nSPS) is 10.5. The van der Waals surface area contributed by atoms with Crippen LogP contribution in [0.2, 0.25) is 0 Å². The molecule has 0 bridgehead atoms. The van der Waals surface area contributed by atoms with E-state index in [0.717, 1.165) is 10.8 Å². The summed E-state index contributed by atoms with van der Waals surface area (Å²) in [6.07, 6.45) is -6.54. The maximum Gasteiger partial charge on any atom is 0.430 e. The van der Waals surface area contributed by atoms with Crippen molar-refractivity contribution in [3.8, 4) is 0 Å². The SMILES string of the molecule is N=C(N)c1ccc2cc(NC(=O)[O-])ccc2c1.O=C([O-])C(F)(F)F. The zero-order valence-electron chi connectivity index (χ0n) is 11.8. The van der Waals surface area contributed by atoms with Crippen LogP contribution >= 0.6 is 0 Å². The molecule has 0 fully saturated rings. The second-order valence-electron chi connectivity index (χ2n) is 4.39. The van der Waals surface area contributed by atoms with Gasteiger partial charge in [-0.3, -0.25) is 5.41 Å². The van der Waals surface area contributed by atoms with Gasteiger partial charge in [0, 0.05) is 11.3 Å². The third-order valence-electron chi connectivity index (χ3n) is 2.63. The summed E-state index contributed by atoms with van der Waals surface area (Å²) in [5, 5.41) is 30.4. The van der Waals surface area contributed by atoms with E-state index in [-0.39, 0.29) is 5.84 Å². The summed E-state index contributed by atoms with van der Waals surface area (Å²) in [7, 11) is 0. The van der Waals surface area contributed by atoms with Gasteiger partial charge in [0.15, 0.2) is 0 Å². The molecule has 0 aliphatic rings. The number of benzene rings is 2. The number of carboxylic acids is 1. The number of nitrogens with two attached hydrogens (primary N) is 1. The fourth-order valence-electron chi connectivity index (χ4n) is 1.61. The van der Waals surface area contributed by atoms with Crippen LogP contribution in [0.15, 0.2) is 36.4 Å². The highest BCUT2D eigenvalue weighted by Crippen LogP contribution is 2.20. The first kappa shape index (κ1) is 18.7. The van der Waals surface area contributed by atoms with Gasteiger partial charge in [-0.05, 0) is 29.0 Å². The van der Waals surface area contributed by atoms with Crippen LogP contribution in [-0.2, 0) is 4.79 Å². The Morgan fingerprint density at radius 1 is 1.04 bits per heavy atom. The van der Waals surface area contributed by atoms with Crippen molar-refractivity contribution in [2.45, 2.75) is 6.18 Å². The highest BCUT2D eigenvalue weighted by Gasteiger charge is 2.28. The lowest BCUT2D eigenvalue weighted by molar-refractivity contribution is -0.344. The molecule has 0 unspecified atom stereocenters. The number of halogens is 3. The van der Waals surface area contributed by atoms with Gasteiger partial charge in [-0.25, -0.2) is 0 Å². The molecule has 0 aromatic heterocycles. The highest BCUT2D eigenvalue weighted by atomic mass is 19.4. The van der Waals surface area contributed by atoms with Crippen molar-refractivity contribution in [1.29, 1.82) is 5.41 Å². The molecule has 1 amide bonds. The predicted molar refractivity (Wildman–Crippen MR) is 75.0 cm³/mol. The molecule has 0 saturated heterocycles. The van der Waals surface area contributed by atoms with E-state index in [1.165, 1.54) is 0 Å². The fourth-order valence-corrected chi connectivity index (χ4v) is 1.61. The third kappa shape index (κ3) is 5.48. The summed E-state index contributed by atoms with van der Waals surface area (Å²) in [6.45, 7) is 0. The van der Waals surface area contributed by atoms with Crippen LogP contribution in [0.1, 0.15) is 5.56 Å². The van der Waals surface area contributed by atoms with Crippen molar-refractivity contribution in [2.75, 3.05) is 5.32 Å². The zero-order chi connectivity index (χ0) is 18.5. The number of aliphatic carboxylic acids is 1. The Hall–Kier alpha value is -3.30. The van der Waals surface area contributed by atoms with Gasteiger partial charge in [-0.1, -0.05) is 18.2 Å². The molecular weight excluding hydrogens is 331 g/mol. The second-order valence-corrected chi connectivity index (χ2v) is 4.39. The van der Waals surface area contributed by atoms with Crippen molar-refractivity contribution < 1.29 is 33.0 Å². The fraction of sp³-hybridized carbons (Fsp3) is 0.0714. The van der Waals surface area contributed by atoms with E-state index >= 15 is 0 Å². The van der Waals surface area contributed by atoms with Gasteiger partial charge >= 0.3 is 6.18 Å². The number of carbonyl (C=O) groups excluding carboxylic acids is 2. The molecule has 0 radical (unpaired) electrons. The minimum Gasteiger partial charge on any atom is -0.542 e. The first-order valence-electron chi connectivity index (χ1n) is 6.15. The monoisotopic (exact) mass is 341 g/mol. The molecule has 0 saturated carbocycles. The molecule has 0 spiro atoms. The van der Waals surface area contributed by atoms with Crippen LogP contribution in [0.4, 0.5) is 23.7 Å². The topological polar surface area (TPSA) is 142 Å². The van der Waals surface area contributed by atoms with Gasteiger partial charge in [0.1, 0.15) is 17.9 Å². The Morgan fingerprint density at radius 3 is 2.00 bits per heavy atom. The number of hydrogen-bond acceptors (Lipinski definition) is 5. The largest absolute Gasteiger partial charge is 0.542 e. The van der Waals surface area contributed by atoms with Gasteiger partial charge in [0.25, 0.3) is 0 Å². The quantitative estimate of drug-likeness (QED) is 0.527. The van der Waals surface area contributed by atoms with E-state index in [0.29, 0.717) is 11.3 Å². The lowest BCUT2D eigenvalue weighted by Crippen LogP contribution is -2.37. The van der Waals surface area contributed by atoms with E-state index in [9.17, 15) is 23.1 Å². The minimum atomic E-state index is -5.19. The van der Waals surface area contributed by atoms with Crippen molar-refractivity contribution in [1.82, 2.24) is 0 Å². The van der Waals surface area contributed by atoms with Crippen molar-refractivity contribution in [2.24, 2.45) is 5.73 Å². The molecule has 0 aliphatic carbocycles. The number of anilines is 1. The average Bonchev–Trinajstić information content (AvgIpc) is 2.45. The minimum absolute atomic E-state index is 0.00355. The maximum absolute atomic E-state index is 10.5. The van der Waals surface area contributed by atoms with Gasteiger partial charge in [0.2, 0.25) is 0 Å². The van der Waals surface area contributed by atoms with Crippen LogP contribution in [0, 0.1) is 5.41 Å². The molecule has 0 heterocycles. The number of carboxylic acid groups (broad SMARTS) is 2. The molecule has 7 nitrogen and oxygen atoms in total. The zero-order valence-corrected chi connectivity index (χ0v) is 11.8. The summed E-state index contributed by atoms with van der Waals surface area (Å²) in [4.78, 5) is 19.2. The highest BCUT2D eigenvalue weighted by molar-refractivity contribution is 6.00. The van der Waals surface area contributed by atoms with E-state index in [1.807, 2.05) is 0 Å². The molecular formula is C14H10F3N3O4-2. The Morgan fingerprint density at radius 2 is 1.54 bits per heavy atom. The molecule has 128 valence electrons. The van der Waals surface area contributed by atoms with Crippen LogP contribution in [-0.4, -0.2) is 24.1 Å². The number of fused-ring (bicyclic) bond motifs is 1. The van der Waals surface area contributed by atoms with Gasteiger partial charge in [-0.15, -0.1) is 0 Å². The molecule has 0 atom stereocenters. The standard InChI is InChI=1S/C12H11N3O2.C2HF3O2/c13-11(14)9-2-1-8-6-10(15-12(16)17)4-3-7(8)5-9;3-2(4,5)1(6)7/h1-6,15H,(H3,13,14)(H,16,17);(H,6,7)/p-2. The number of nitrogen functional groups attached to an aromatic ring is 1. The predicted octanol–water partition coefficient (Wildman–Crippen LogP) is 0.178. The maximum atomic E-state index is 10.5. The number of carbonyl (C=O) groups is 2. The molecule has 2 aromatic carbocycles. The van der Waals surface area contributed by atoms with E-state index in [2.05, 4.69) is 5.32 Å². The average molecular weight is 341 g/mol. The number of rotatable bonds is 2. The molecule has 24 heavy (non-hydrogen) atoms. The summed E-state index contributed by atoms with van der Waals surface area (Å²) in [5.41, 5.74) is 6.47. The lowest BCUT2D eigenvalue weighted by atomic mass is 10.1. The van der Waals surface area contributed by atoms with Gasteiger partial charge < -0.3 is 30.9 Å². The Kier molecular flexibility index (Phi) is 5.71. The van der Waals surface area contributed by atoms with Crippen molar-refractivity contribution in [3.05, 3.63) is 42.0 Å². The van der Waals surface area contributed by atoms with Gasteiger partial charge in [-0.2, -0.15) is 13.2 Å². The van der Waals surface area contributed by atoms with Gasteiger partial charge in [0.05, 0.1) is 0 Å². The summed E-state index contributed by atoms with van der Waals surface area (Å²) in [5.74, 6) is -3.00. The molecule has 2 aromatic rings. The van der Waals surface area contributed by atoms with E-state index < -0.39 is 18.2 Å². The molecule has 0 aliphatic heterocycles. The van der Waals surface area contributed by atoms with E-state index in [4.69, 9.17) is 21.0 Å². The lowest BCUT2D eigenvalue weighted by Gasteiger charge is -2.08. The summed E-state index contributed by atoms with van der Waals surface area (Å²) < 4.78 is 31.5. The van der Waals surface area contributed by atoms with Crippen molar-refractivity contribution in [3.63, 3.8) is 0 Å². The molecule has 10 heteroatoms. The molecule has 2 rings (SSSR count). The van der Waals surface area contributed by atoms with Crippen LogP contribution in [0.3, 0.4) is 0 Å². The Labute approximate surface area is 133 Å². The smallest absolute Gasteiger partial charge is 0.430 e. The van der Waals surface area contributed by atoms with Crippen LogP contribution in [0.25, 0.3) is 10.8 Å². The molecule has 4 N–H and O–H groups in total. The number of nitrogens with one attached hydrogen (secondary N) is 2. The number of alkyl halides is 3. The second kappa shape index (κ2) is 7.31. The van der Waals surface area contributed by atoms with E-state index in [1.54, 1.807) is 36.4 Å². The number of amidine groups is 1. The van der Waals surface area contributed by atoms with Crippen LogP contribution in [0.5, 0.6) is 0 Å². The Bertz CT molecular complexity index is 790. The van der Waals surface area contributed by atoms with Crippen molar-refractivity contribution >= 4 is 34.4 Å². The Balaban J connectivity index is 0.000000351. The number of amides is 1. The summed E-state index contributed by atoms with van der Waals surface area (Å²) in [6, 6.07) is 10.4. The number of hydrogen-bond donors (Lipinski definition) is 3.